The smallest absolute Gasteiger partial charge is 0.237 e. The average Bonchev–Trinajstić information content (AvgIpc) is 3.47. The van der Waals surface area contributed by atoms with Gasteiger partial charge in [0.2, 0.25) is 5.91 Å². The summed E-state index contributed by atoms with van der Waals surface area (Å²) in [6.07, 6.45) is 2.71. The highest BCUT2D eigenvalue weighted by Gasteiger charge is 2.35. The van der Waals surface area contributed by atoms with Gasteiger partial charge >= 0.3 is 0 Å². The lowest BCUT2D eigenvalue weighted by molar-refractivity contribution is -0.137. The van der Waals surface area contributed by atoms with E-state index in [-0.39, 0.29) is 0 Å². The molecule has 5 heteroatoms. The number of rotatable bonds is 4. The van der Waals surface area contributed by atoms with Crippen LogP contribution in [-0.4, -0.2) is 85.0 Å². The van der Waals surface area contributed by atoms with Crippen LogP contribution in [0.25, 0.3) is 0 Å². The molecular formula is C21H32N4O. The molecule has 3 fully saturated rings. The first kappa shape index (κ1) is 17.8. The average molecular weight is 357 g/mol. The van der Waals surface area contributed by atoms with Crippen molar-refractivity contribution in [2.24, 2.45) is 0 Å². The van der Waals surface area contributed by atoms with Crippen LogP contribution in [0, 0.1) is 6.92 Å². The third-order valence-corrected chi connectivity index (χ3v) is 6.14. The molecule has 142 valence electrons. The van der Waals surface area contributed by atoms with Crippen LogP contribution in [0.5, 0.6) is 0 Å². The molecule has 2 saturated heterocycles. The van der Waals surface area contributed by atoms with Crippen molar-refractivity contribution in [3.05, 3.63) is 29.8 Å². The third kappa shape index (κ3) is 4.04. The van der Waals surface area contributed by atoms with E-state index >= 15 is 0 Å². The van der Waals surface area contributed by atoms with Crippen molar-refractivity contribution in [2.75, 3.05) is 57.3 Å². The van der Waals surface area contributed by atoms with Crippen molar-refractivity contribution in [3.8, 4) is 0 Å². The number of hydrogen-bond donors (Lipinski definition) is 0. The summed E-state index contributed by atoms with van der Waals surface area (Å²) in [4.78, 5) is 22.3. The molecule has 1 aromatic carbocycles. The fourth-order valence-electron chi connectivity index (χ4n) is 4.40. The molecule has 1 saturated carbocycles. The van der Waals surface area contributed by atoms with Crippen LogP contribution in [0.2, 0.25) is 0 Å². The number of carbonyl (C=O) groups is 1. The van der Waals surface area contributed by atoms with Crippen molar-refractivity contribution in [3.63, 3.8) is 0 Å². The highest BCUT2D eigenvalue weighted by molar-refractivity contribution is 5.78. The molecule has 1 aliphatic carbocycles. The van der Waals surface area contributed by atoms with Crippen LogP contribution in [0.4, 0.5) is 5.69 Å². The van der Waals surface area contributed by atoms with E-state index in [1.54, 1.807) is 0 Å². The SMILES string of the molecule is Cc1cccc(N2CCN(CC(=O)N3CCN(C4CC4)CC3C)CC2)c1. The lowest BCUT2D eigenvalue weighted by Crippen LogP contribution is -2.57. The van der Waals surface area contributed by atoms with Crippen molar-refractivity contribution >= 4 is 11.6 Å². The summed E-state index contributed by atoms with van der Waals surface area (Å²) in [5.41, 5.74) is 2.61. The standard InChI is InChI=1S/C21H32N4O/c1-17-4-3-5-20(14-17)23-10-8-22(9-11-23)16-21(26)25-13-12-24(15-18(25)2)19-6-7-19/h3-5,14,18-19H,6-13,15-16H2,1-2H3. The number of piperazine rings is 2. The van der Waals surface area contributed by atoms with Crippen LogP contribution >= 0.6 is 0 Å². The Morgan fingerprint density at radius 1 is 1.08 bits per heavy atom. The van der Waals surface area contributed by atoms with Gasteiger partial charge in [-0.15, -0.1) is 0 Å². The van der Waals surface area contributed by atoms with Gasteiger partial charge in [-0.25, -0.2) is 0 Å². The molecule has 26 heavy (non-hydrogen) atoms. The maximum absolute atomic E-state index is 12.8. The van der Waals surface area contributed by atoms with E-state index in [0.717, 1.165) is 51.9 Å². The van der Waals surface area contributed by atoms with E-state index in [1.807, 2.05) is 0 Å². The molecular weight excluding hydrogens is 324 g/mol. The predicted molar refractivity (Wildman–Crippen MR) is 106 cm³/mol. The highest BCUT2D eigenvalue weighted by Crippen LogP contribution is 2.28. The summed E-state index contributed by atoms with van der Waals surface area (Å²) in [5.74, 6) is 0.317. The molecule has 0 N–H and O–H groups in total. The van der Waals surface area contributed by atoms with Gasteiger partial charge in [-0.1, -0.05) is 12.1 Å². The Morgan fingerprint density at radius 3 is 2.50 bits per heavy atom. The fraction of sp³-hybridized carbons (Fsp3) is 0.667. The monoisotopic (exact) mass is 356 g/mol. The normalized spacial score (nSPS) is 25.5. The summed E-state index contributed by atoms with van der Waals surface area (Å²) in [6.45, 7) is 11.9. The molecule has 0 bridgehead atoms. The van der Waals surface area contributed by atoms with Crippen LogP contribution in [0.15, 0.2) is 24.3 Å². The van der Waals surface area contributed by atoms with Gasteiger partial charge in [0.1, 0.15) is 0 Å². The number of aryl methyl sites for hydroxylation is 1. The van der Waals surface area contributed by atoms with Gasteiger partial charge < -0.3 is 9.80 Å². The number of hydrogen-bond acceptors (Lipinski definition) is 4. The Balaban J connectivity index is 1.25. The summed E-state index contributed by atoms with van der Waals surface area (Å²) in [5, 5.41) is 0. The topological polar surface area (TPSA) is 30.0 Å². The molecule has 0 aromatic heterocycles. The maximum Gasteiger partial charge on any atom is 0.237 e. The Kier molecular flexibility index (Phi) is 5.18. The number of nitrogens with zero attached hydrogens (tertiary/aromatic N) is 4. The molecule has 4 rings (SSSR count). The van der Waals surface area contributed by atoms with Gasteiger partial charge in [0, 0.05) is 63.6 Å². The minimum absolute atomic E-state index is 0.317. The molecule has 0 radical (unpaired) electrons. The maximum atomic E-state index is 12.8. The summed E-state index contributed by atoms with van der Waals surface area (Å²) < 4.78 is 0. The van der Waals surface area contributed by atoms with Gasteiger partial charge in [0.05, 0.1) is 6.54 Å². The summed E-state index contributed by atoms with van der Waals surface area (Å²) in [6, 6.07) is 9.87. The molecule has 0 spiro atoms. The first-order chi connectivity index (χ1) is 12.6. The van der Waals surface area contributed by atoms with Crippen LogP contribution in [0.1, 0.15) is 25.3 Å². The van der Waals surface area contributed by atoms with E-state index in [9.17, 15) is 4.79 Å². The molecule has 1 amide bonds. The molecule has 2 aliphatic heterocycles. The number of carbonyl (C=O) groups excluding carboxylic acids is 1. The molecule has 5 nitrogen and oxygen atoms in total. The van der Waals surface area contributed by atoms with Gasteiger partial charge in [-0.2, -0.15) is 0 Å². The van der Waals surface area contributed by atoms with E-state index in [0.29, 0.717) is 18.5 Å². The minimum atomic E-state index is 0.317. The predicted octanol–water partition coefficient (Wildman–Crippen LogP) is 1.81. The van der Waals surface area contributed by atoms with Gasteiger partial charge in [0.15, 0.2) is 0 Å². The molecule has 1 atom stereocenters. The van der Waals surface area contributed by atoms with E-state index < -0.39 is 0 Å². The minimum Gasteiger partial charge on any atom is -0.369 e. The van der Waals surface area contributed by atoms with Crippen molar-refractivity contribution in [1.82, 2.24) is 14.7 Å². The van der Waals surface area contributed by atoms with E-state index in [2.05, 4.69) is 57.7 Å². The second-order valence-electron chi connectivity index (χ2n) is 8.26. The fourth-order valence-corrected chi connectivity index (χ4v) is 4.40. The Hall–Kier alpha value is -1.59. The van der Waals surface area contributed by atoms with Crippen LogP contribution in [0.3, 0.4) is 0 Å². The Labute approximate surface area is 157 Å². The Morgan fingerprint density at radius 2 is 1.85 bits per heavy atom. The first-order valence-corrected chi connectivity index (χ1v) is 10.2. The largest absolute Gasteiger partial charge is 0.369 e. The lowest BCUT2D eigenvalue weighted by Gasteiger charge is -2.42. The molecule has 3 aliphatic rings. The zero-order valence-corrected chi connectivity index (χ0v) is 16.2. The van der Waals surface area contributed by atoms with Crippen molar-refractivity contribution < 1.29 is 4.79 Å². The number of anilines is 1. The molecule has 1 aromatic rings. The third-order valence-electron chi connectivity index (χ3n) is 6.14. The van der Waals surface area contributed by atoms with Crippen LogP contribution in [-0.2, 0) is 4.79 Å². The van der Waals surface area contributed by atoms with Gasteiger partial charge in [0.25, 0.3) is 0 Å². The number of benzene rings is 1. The highest BCUT2D eigenvalue weighted by atomic mass is 16.2. The van der Waals surface area contributed by atoms with E-state index in [4.69, 9.17) is 0 Å². The van der Waals surface area contributed by atoms with Gasteiger partial charge in [-0.3, -0.25) is 14.6 Å². The van der Waals surface area contributed by atoms with E-state index in [1.165, 1.54) is 24.1 Å². The quantitative estimate of drug-likeness (QED) is 0.823. The van der Waals surface area contributed by atoms with Crippen LogP contribution < -0.4 is 4.90 Å². The first-order valence-electron chi connectivity index (χ1n) is 10.2. The summed E-state index contributed by atoms with van der Waals surface area (Å²) in [7, 11) is 0. The Bertz CT molecular complexity index is 637. The molecule has 2 heterocycles. The lowest BCUT2D eigenvalue weighted by atomic mass is 10.1. The van der Waals surface area contributed by atoms with Gasteiger partial charge in [-0.05, 0) is 44.4 Å². The second kappa shape index (κ2) is 7.57. The number of amides is 1. The van der Waals surface area contributed by atoms with Crippen molar-refractivity contribution in [1.29, 1.82) is 0 Å². The molecule has 1 unspecified atom stereocenters. The summed E-state index contributed by atoms with van der Waals surface area (Å²) >= 11 is 0. The zero-order valence-electron chi connectivity index (χ0n) is 16.2. The second-order valence-corrected chi connectivity index (χ2v) is 8.26. The van der Waals surface area contributed by atoms with Crippen molar-refractivity contribution in [2.45, 2.75) is 38.8 Å². The zero-order chi connectivity index (χ0) is 18.1.